The Bertz CT molecular complexity index is 237. The van der Waals surface area contributed by atoms with E-state index in [-0.39, 0.29) is 11.6 Å². The molecular weight excluding hydrogens is 133 g/mol. The second-order valence-corrected chi connectivity index (χ2v) is 1.96. The summed E-state index contributed by atoms with van der Waals surface area (Å²) in [6.45, 7) is 1.72. The van der Waals surface area contributed by atoms with Crippen LogP contribution in [0.4, 0.5) is 4.39 Å². The van der Waals surface area contributed by atoms with E-state index in [1.165, 1.54) is 19.4 Å². The largest absolute Gasteiger partial charge is 0.492 e. The van der Waals surface area contributed by atoms with Crippen LogP contribution in [0.2, 0.25) is 0 Å². The van der Waals surface area contributed by atoms with Gasteiger partial charge in [-0.05, 0) is 13.0 Å². The first-order valence-electron chi connectivity index (χ1n) is 2.90. The van der Waals surface area contributed by atoms with Crippen molar-refractivity contribution in [2.24, 2.45) is 0 Å². The van der Waals surface area contributed by atoms with Gasteiger partial charge in [0.05, 0.1) is 13.3 Å². The van der Waals surface area contributed by atoms with Crippen LogP contribution in [-0.2, 0) is 0 Å². The molecule has 0 aliphatic carbocycles. The first-order valence-corrected chi connectivity index (χ1v) is 2.90. The van der Waals surface area contributed by atoms with Crippen molar-refractivity contribution in [2.45, 2.75) is 6.92 Å². The molecule has 0 aromatic carbocycles. The first kappa shape index (κ1) is 6.99. The lowest BCUT2D eigenvalue weighted by Crippen LogP contribution is -1.90. The van der Waals surface area contributed by atoms with Gasteiger partial charge < -0.3 is 4.74 Å². The zero-order valence-corrected chi connectivity index (χ0v) is 5.89. The molecule has 0 saturated heterocycles. The quantitative estimate of drug-likeness (QED) is 0.591. The maximum Gasteiger partial charge on any atom is 0.172 e. The summed E-state index contributed by atoms with van der Waals surface area (Å²) in [5.74, 6) is -0.180. The van der Waals surface area contributed by atoms with E-state index in [9.17, 15) is 4.39 Å². The van der Waals surface area contributed by atoms with Gasteiger partial charge in [0.2, 0.25) is 0 Å². The van der Waals surface area contributed by atoms with Gasteiger partial charge in [0.25, 0.3) is 0 Å². The Hall–Kier alpha value is -1.12. The van der Waals surface area contributed by atoms with Gasteiger partial charge in [-0.3, -0.25) is 4.98 Å². The van der Waals surface area contributed by atoms with Crippen LogP contribution in [0, 0.1) is 12.7 Å². The summed E-state index contributed by atoms with van der Waals surface area (Å²) in [6, 6.07) is 1.33. The van der Waals surface area contributed by atoms with E-state index in [4.69, 9.17) is 0 Å². The second-order valence-electron chi connectivity index (χ2n) is 1.96. The molecule has 0 aliphatic heterocycles. The van der Waals surface area contributed by atoms with Gasteiger partial charge in [-0.25, -0.2) is 4.39 Å². The number of hydrogen-bond acceptors (Lipinski definition) is 2. The molecule has 54 valence electrons. The average molecular weight is 141 g/mol. The molecule has 10 heavy (non-hydrogen) atoms. The van der Waals surface area contributed by atoms with E-state index in [2.05, 4.69) is 9.72 Å². The fraction of sp³-hybridized carbons (Fsp3) is 0.286. The molecule has 0 radical (unpaired) electrons. The Morgan fingerprint density at radius 2 is 2.30 bits per heavy atom. The number of methoxy groups -OCH3 is 1. The Kier molecular flexibility index (Phi) is 1.85. The molecule has 0 spiro atoms. The van der Waals surface area contributed by atoms with Crippen LogP contribution in [0.1, 0.15) is 5.69 Å². The van der Waals surface area contributed by atoms with Gasteiger partial charge >= 0.3 is 0 Å². The van der Waals surface area contributed by atoms with Gasteiger partial charge in [0.15, 0.2) is 11.6 Å². The third-order valence-electron chi connectivity index (χ3n) is 1.18. The maximum atomic E-state index is 12.7. The normalized spacial score (nSPS) is 9.50. The maximum absolute atomic E-state index is 12.7. The third kappa shape index (κ3) is 1.23. The van der Waals surface area contributed by atoms with Gasteiger partial charge in [0.1, 0.15) is 0 Å². The summed E-state index contributed by atoms with van der Waals surface area (Å²) in [6.07, 6.45) is 1.37. The Morgan fingerprint density at radius 3 is 2.80 bits per heavy atom. The molecule has 0 N–H and O–H groups in total. The van der Waals surface area contributed by atoms with Crippen molar-refractivity contribution >= 4 is 0 Å². The van der Waals surface area contributed by atoms with E-state index in [0.29, 0.717) is 5.69 Å². The highest BCUT2D eigenvalue weighted by atomic mass is 19.1. The Balaban J connectivity index is 3.07. The molecule has 1 heterocycles. The highest BCUT2D eigenvalue weighted by Gasteiger charge is 2.00. The van der Waals surface area contributed by atoms with E-state index in [0.717, 1.165) is 0 Å². The standard InChI is InChI=1S/C7H8FNO/c1-5-3-6(8)7(10-2)4-9-5/h3-4H,1-2H3. The highest BCUT2D eigenvalue weighted by molar-refractivity contribution is 5.21. The lowest BCUT2D eigenvalue weighted by Gasteiger charge is -1.99. The summed E-state index contributed by atoms with van der Waals surface area (Å²) in [5, 5.41) is 0. The molecule has 0 unspecified atom stereocenters. The minimum atomic E-state index is -0.366. The van der Waals surface area contributed by atoms with Crippen LogP contribution in [0.3, 0.4) is 0 Å². The lowest BCUT2D eigenvalue weighted by atomic mass is 10.3. The minimum absolute atomic E-state index is 0.186. The summed E-state index contributed by atoms with van der Waals surface area (Å²) >= 11 is 0. The molecule has 0 aliphatic rings. The predicted octanol–water partition coefficient (Wildman–Crippen LogP) is 1.54. The molecule has 1 rings (SSSR count). The van der Waals surface area contributed by atoms with E-state index < -0.39 is 0 Å². The van der Waals surface area contributed by atoms with Crippen LogP contribution in [0.15, 0.2) is 12.3 Å². The van der Waals surface area contributed by atoms with E-state index in [1.807, 2.05) is 0 Å². The summed E-state index contributed by atoms with van der Waals surface area (Å²) in [5.41, 5.74) is 0.651. The number of halogens is 1. The monoisotopic (exact) mass is 141 g/mol. The van der Waals surface area contributed by atoms with E-state index >= 15 is 0 Å². The number of nitrogens with zero attached hydrogens (tertiary/aromatic N) is 1. The molecule has 2 nitrogen and oxygen atoms in total. The zero-order valence-electron chi connectivity index (χ0n) is 5.89. The Labute approximate surface area is 58.7 Å². The SMILES string of the molecule is COc1cnc(C)cc1F. The first-order chi connectivity index (χ1) is 4.74. The molecule has 0 saturated carbocycles. The van der Waals surface area contributed by atoms with Crippen LogP contribution in [0.5, 0.6) is 5.75 Å². The molecule has 0 fully saturated rings. The van der Waals surface area contributed by atoms with Crippen molar-refractivity contribution < 1.29 is 9.13 Å². The fourth-order valence-electron chi connectivity index (χ4n) is 0.664. The van der Waals surface area contributed by atoms with Gasteiger partial charge in [-0.1, -0.05) is 0 Å². The predicted molar refractivity (Wildman–Crippen MR) is 35.5 cm³/mol. The smallest absolute Gasteiger partial charge is 0.172 e. The third-order valence-corrected chi connectivity index (χ3v) is 1.18. The summed E-state index contributed by atoms with van der Waals surface area (Å²) in [4.78, 5) is 3.85. The number of hydrogen-bond donors (Lipinski definition) is 0. The molecule has 3 heteroatoms. The van der Waals surface area contributed by atoms with Crippen molar-refractivity contribution in [1.29, 1.82) is 0 Å². The van der Waals surface area contributed by atoms with Crippen molar-refractivity contribution in [3.8, 4) is 5.75 Å². The van der Waals surface area contributed by atoms with Crippen molar-refractivity contribution in [3.63, 3.8) is 0 Å². The van der Waals surface area contributed by atoms with Gasteiger partial charge in [-0.2, -0.15) is 0 Å². The topological polar surface area (TPSA) is 22.1 Å². The Morgan fingerprint density at radius 1 is 1.60 bits per heavy atom. The van der Waals surface area contributed by atoms with Crippen LogP contribution in [0.25, 0.3) is 0 Å². The number of aromatic nitrogens is 1. The number of pyridine rings is 1. The minimum Gasteiger partial charge on any atom is -0.492 e. The molecule has 0 amide bonds. The molecule has 1 aromatic heterocycles. The number of aryl methyl sites for hydroxylation is 1. The fourth-order valence-corrected chi connectivity index (χ4v) is 0.664. The lowest BCUT2D eigenvalue weighted by molar-refractivity contribution is 0.384. The summed E-state index contributed by atoms with van der Waals surface area (Å²) in [7, 11) is 1.41. The van der Waals surface area contributed by atoms with Crippen LogP contribution < -0.4 is 4.74 Å². The summed E-state index contributed by atoms with van der Waals surface area (Å²) < 4.78 is 17.3. The molecule has 1 aromatic rings. The molecular formula is C7H8FNO. The van der Waals surface area contributed by atoms with Crippen LogP contribution in [-0.4, -0.2) is 12.1 Å². The number of ether oxygens (including phenoxy) is 1. The zero-order chi connectivity index (χ0) is 7.56. The average Bonchev–Trinajstić information content (AvgIpc) is 1.88. The van der Waals surface area contributed by atoms with E-state index in [1.54, 1.807) is 6.92 Å². The number of rotatable bonds is 1. The highest BCUT2D eigenvalue weighted by Crippen LogP contribution is 2.14. The second kappa shape index (κ2) is 2.64. The van der Waals surface area contributed by atoms with Gasteiger partial charge in [-0.15, -0.1) is 0 Å². The van der Waals surface area contributed by atoms with Crippen molar-refractivity contribution in [2.75, 3.05) is 7.11 Å². The van der Waals surface area contributed by atoms with Crippen molar-refractivity contribution in [1.82, 2.24) is 4.98 Å². The van der Waals surface area contributed by atoms with Gasteiger partial charge in [0, 0.05) is 5.69 Å². The molecule has 0 bridgehead atoms. The van der Waals surface area contributed by atoms with Crippen molar-refractivity contribution in [3.05, 3.63) is 23.8 Å². The molecule has 0 atom stereocenters. The van der Waals surface area contributed by atoms with Crippen LogP contribution >= 0.6 is 0 Å².